The second-order valence-electron chi connectivity index (χ2n) is 5.77. The van der Waals surface area contributed by atoms with Gasteiger partial charge in [-0.05, 0) is 30.0 Å². The van der Waals surface area contributed by atoms with E-state index in [-0.39, 0.29) is 11.8 Å². The summed E-state index contributed by atoms with van der Waals surface area (Å²) in [4.78, 5) is 19.9. The van der Waals surface area contributed by atoms with Crippen LogP contribution >= 0.6 is 11.8 Å². The third-order valence-corrected chi connectivity index (χ3v) is 5.07. The van der Waals surface area contributed by atoms with Crippen LogP contribution < -0.4 is 0 Å². The molecule has 0 unspecified atom stereocenters. The molecule has 2 aromatic heterocycles. The summed E-state index contributed by atoms with van der Waals surface area (Å²) in [6, 6.07) is 11.3. The van der Waals surface area contributed by atoms with Gasteiger partial charge in [0.1, 0.15) is 0 Å². The summed E-state index contributed by atoms with van der Waals surface area (Å²) in [5.74, 6) is 2.63. The minimum atomic E-state index is 0.0542. The van der Waals surface area contributed by atoms with Crippen molar-refractivity contribution in [1.82, 2.24) is 15.0 Å². The van der Waals surface area contributed by atoms with Crippen molar-refractivity contribution >= 4 is 17.7 Å². The molecule has 1 amide bonds. The summed E-state index contributed by atoms with van der Waals surface area (Å²) < 4.78 is 10.6. The quantitative estimate of drug-likeness (QED) is 0.650. The monoisotopic (exact) mass is 355 g/mol. The van der Waals surface area contributed by atoms with Crippen molar-refractivity contribution in [3.63, 3.8) is 0 Å². The molecule has 0 spiro atoms. The Kier molecular flexibility index (Phi) is 4.31. The summed E-state index contributed by atoms with van der Waals surface area (Å²) >= 11 is 1.68. The molecule has 3 heterocycles. The molecule has 1 saturated heterocycles. The number of nitrogens with zero attached hydrogens (tertiary/aromatic N) is 3. The summed E-state index contributed by atoms with van der Waals surface area (Å²) in [6.45, 7) is 3.26. The number of rotatable bonds is 5. The highest BCUT2D eigenvalue weighted by Crippen LogP contribution is 2.31. The number of carbonyl (C=O) groups excluding carboxylic acids is 1. The lowest BCUT2D eigenvalue weighted by atomic mass is 9.98. The molecular formula is C18H17N3O3S. The molecule has 0 atom stereocenters. The van der Waals surface area contributed by atoms with Crippen LogP contribution in [-0.2, 0) is 0 Å². The standard InChI is InChI=1S/C18H17N3O3S/c1-2-25-15-8-4-3-6-13(15)18(22)21-10-12(11-21)17-19-16(20-24-17)14-7-5-9-23-14/h3-9,12H,2,10-11H2,1H3. The summed E-state index contributed by atoms with van der Waals surface area (Å²) in [6.07, 6.45) is 1.57. The van der Waals surface area contributed by atoms with E-state index in [0.717, 1.165) is 16.2 Å². The lowest BCUT2D eigenvalue weighted by molar-refractivity contribution is 0.0565. The van der Waals surface area contributed by atoms with E-state index in [0.29, 0.717) is 30.6 Å². The van der Waals surface area contributed by atoms with Crippen LogP contribution in [0, 0.1) is 0 Å². The van der Waals surface area contributed by atoms with Gasteiger partial charge < -0.3 is 13.8 Å². The molecule has 1 fully saturated rings. The highest BCUT2D eigenvalue weighted by Gasteiger charge is 2.36. The van der Waals surface area contributed by atoms with Crippen LogP contribution in [0.5, 0.6) is 0 Å². The zero-order valence-corrected chi connectivity index (χ0v) is 14.5. The first-order chi connectivity index (χ1) is 12.3. The van der Waals surface area contributed by atoms with Crippen molar-refractivity contribution in [3.05, 3.63) is 54.1 Å². The van der Waals surface area contributed by atoms with Crippen molar-refractivity contribution in [1.29, 1.82) is 0 Å². The summed E-state index contributed by atoms with van der Waals surface area (Å²) in [5, 5.41) is 3.94. The average Bonchev–Trinajstić information content (AvgIpc) is 3.25. The van der Waals surface area contributed by atoms with Crippen molar-refractivity contribution in [3.8, 4) is 11.6 Å². The van der Waals surface area contributed by atoms with Crippen LogP contribution in [-0.4, -0.2) is 39.8 Å². The van der Waals surface area contributed by atoms with E-state index in [9.17, 15) is 4.79 Å². The molecular weight excluding hydrogens is 338 g/mol. The molecule has 25 heavy (non-hydrogen) atoms. The zero-order chi connectivity index (χ0) is 17.2. The minimum absolute atomic E-state index is 0.0542. The Labute approximate surface area is 149 Å². The third-order valence-electron chi connectivity index (χ3n) is 4.12. The largest absolute Gasteiger partial charge is 0.461 e. The number of likely N-dealkylation sites (tertiary alicyclic amines) is 1. The predicted octanol–water partition coefficient (Wildman–Crippen LogP) is 3.68. The van der Waals surface area contributed by atoms with Crippen molar-refractivity contribution in [2.45, 2.75) is 17.7 Å². The van der Waals surface area contributed by atoms with Crippen molar-refractivity contribution in [2.75, 3.05) is 18.8 Å². The van der Waals surface area contributed by atoms with E-state index in [4.69, 9.17) is 8.94 Å². The van der Waals surface area contributed by atoms with Crippen molar-refractivity contribution in [2.24, 2.45) is 0 Å². The van der Waals surface area contributed by atoms with Crippen LogP contribution in [0.2, 0.25) is 0 Å². The molecule has 1 aromatic carbocycles. The molecule has 1 aliphatic heterocycles. The number of amides is 1. The molecule has 3 aromatic rings. The number of carbonyl (C=O) groups is 1. The Morgan fingerprint density at radius 2 is 2.12 bits per heavy atom. The van der Waals surface area contributed by atoms with Gasteiger partial charge in [-0.15, -0.1) is 11.8 Å². The van der Waals surface area contributed by atoms with Crippen LogP contribution in [0.25, 0.3) is 11.6 Å². The first-order valence-electron chi connectivity index (χ1n) is 8.15. The number of thioether (sulfide) groups is 1. The highest BCUT2D eigenvalue weighted by atomic mass is 32.2. The first-order valence-corrected chi connectivity index (χ1v) is 9.13. The lowest BCUT2D eigenvalue weighted by Gasteiger charge is -2.37. The number of hydrogen-bond donors (Lipinski definition) is 0. The van der Waals surface area contributed by atoms with E-state index in [2.05, 4.69) is 17.1 Å². The normalized spacial score (nSPS) is 14.5. The molecule has 0 saturated carbocycles. The van der Waals surface area contributed by atoms with E-state index in [1.54, 1.807) is 30.2 Å². The Hall–Kier alpha value is -2.54. The van der Waals surface area contributed by atoms with Crippen LogP contribution in [0.3, 0.4) is 0 Å². The molecule has 0 aliphatic carbocycles. The molecule has 6 nitrogen and oxygen atoms in total. The fourth-order valence-corrected chi connectivity index (χ4v) is 3.60. The number of aromatic nitrogens is 2. The van der Waals surface area contributed by atoms with Gasteiger partial charge in [0.05, 0.1) is 17.7 Å². The second kappa shape index (κ2) is 6.76. The van der Waals surface area contributed by atoms with Gasteiger partial charge in [-0.1, -0.05) is 24.2 Å². The Morgan fingerprint density at radius 3 is 2.88 bits per heavy atom. The fourth-order valence-electron chi connectivity index (χ4n) is 2.80. The fraction of sp³-hybridized carbons (Fsp3) is 0.278. The second-order valence-corrected chi connectivity index (χ2v) is 7.08. The minimum Gasteiger partial charge on any atom is -0.461 e. The van der Waals surface area contributed by atoms with Gasteiger partial charge in [0.25, 0.3) is 5.91 Å². The third kappa shape index (κ3) is 3.07. The predicted molar refractivity (Wildman–Crippen MR) is 93.5 cm³/mol. The van der Waals surface area contributed by atoms with E-state index in [1.807, 2.05) is 29.2 Å². The SMILES string of the molecule is CCSc1ccccc1C(=O)N1CC(c2nc(-c3ccco3)no2)C1. The van der Waals surface area contributed by atoms with Crippen LogP contribution in [0.4, 0.5) is 0 Å². The Bertz CT molecular complexity index is 869. The lowest BCUT2D eigenvalue weighted by Crippen LogP contribution is -2.48. The molecule has 1 aliphatic rings. The van der Waals surface area contributed by atoms with Gasteiger partial charge in [-0.2, -0.15) is 4.98 Å². The van der Waals surface area contributed by atoms with Crippen molar-refractivity contribution < 1.29 is 13.7 Å². The highest BCUT2D eigenvalue weighted by molar-refractivity contribution is 7.99. The van der Waals surface area contributed by atoms with Gasteiger partial charge in [0, 0.05) is 18.0 Å². The topological polar surface area (TPSA) is 72.4 Å². The van der Waals surface area contributed by atoms with Gasteiger partial charge in [0.2, 0.25) is 11.7 Å². The summed E-state index contributed by atoms with van der Waals surface area (Å²) in [7, 11) is 0. The van der Waals surface area contributed by atoms with Crippen LogP contribution in [0.15, 0.2) is 56.5 Å². The Balaban J connectivity index is 1.43. The van der Waals surface area contributed by atoms with Gasteiger partial charge >= 0.3 is 0 Å². The maximum atomic E-state index is 12.7. The van der Waals surface area contributed by atoms with Crippen LogP contribution in [0.1, 0.15) is 29.1 Å². The number of benzene rings is 1. The van der Waals surface area contributed by atoms with E-state index >= 15 is 0 Å². The molecule has 0 N–H and O–H groups in total. The number of hydrogen-bond acceptors (Lipinski definition) is 6. The molecule has 0 radical (unpaired) electrons. The molecule has 0 bridgehead atoms. The van der Waals surface area contributed by atoms with E-state index in [1.165, 1.54) is 0 Å². The van der Waals surface area contributed by atoms with Gasteiger partial charge in [-0.3, -0.25) is 4.79 Å². The average molecular weight is 355 g/mol. The Morgan fingerprint density at radius 1 is 1.28 bits per heavy atom. The molecule has 128 valence electrons. The smallest absolute Gasteiger partial charge is 0.255 e. The maximum absolute atomic E-state index is 12.7. The van der Waals surface area contributed by atoms with Gasteiger partial charge in [0.15, 0.2) is 5.76 Å². The maximum Gasteiger partial charge on any atom is 0.255 e. The van der Waals surface area contributed by atoms with E-state index < -0.39 is 0 Å². The summed E-state index contributed by atoms with van der Waals surface area (Å²) in [5.41, 5.74) is 0.759. The molecule has 7 heteroatoms. The first kappa shape index (κ1) is 16.0. The molecule has 4 rings (SSSR count). The number of furan rings is 1. The zero-order valence-electron chi connectivity index (χ0n) is 13.7. The van der Waals surface area contributed by atoms with Gasteiger partial charge in [-0.25, -0.2) is 0 Å².